The van der Waals surface area contributed by atoms with Crippen LogP contribution in [0.1, 0.15) is 37.3 Å². The maximum absolute atomic E-state index is 12.9. The minimum absolute atomic E-state index is 0.195. The number of methoxy groups -OCH3 is 1. The summed E-state index contributed by atoms with van der Waals surface area (Å²) in [7, 11) is 1.60. The van der Waals surface area contributed by atoms with Crippen LogP contribution < -0.4 is 15.1 Å². The number of hydrogen-bond acceptors (Lipinski definition) is 4. The Morgan fingerprint density at radius 3 is 2.64 bits per heavy atom. The highest BCUT2D eigenvalue weighted by molar-refractivity contribution is 6.54. The van der Waals surface area contributed by atoms with Gasteiger partial charge in [-0.05, 0) is 24.1 Å². The lowest BCUT2D eigenvalue weighted by atomic mass is 10.1. The minimum atomic E-state index is -0.258. The molecule has 146 valence electrons. The summed E-state index contributed by atoms with van der Waals surface area (Å²) in [5.74, 6) is 0.228. The SMILES string of the molecule is CCCCCN1C(=O)C(=NNC(=O)Cc2ccccc2)c2ccc(OC)cc21. The van der Waals surface area contributed by atoms with Gasteiger partial charge in [0.2, 0.25) is 5.91 Å². The number of nitrogens with one attached hydrogen (secondary N) is 1. The molecule has 2 amide bonds. The molecule has 6 heteroatoms. The summed E-state index contributed by atoms with van der Waals surface area (Å²) >= 11 is 0. The van der Waals surface area contributed by atoms with Crippen LogP contribution in [-0.2, 0) is 16.0 Å². The summed E-state index contributed by atoms with van der Waals surface area (Å²) in [6, 6.07) is 14.9. The Hall–Kier alpha value is -3.15. The summed E-state index contributed by atoms with van der Waals surface area (Å²) < 4.78 is 5.30. The normalized spacial score (nSPS) is 14.3. The predicted molar refractivity (Wildman–Crippen MR) is 110 cm³/mol. The smallest absolute Gasteiger partial charge is 0.279 e. The van der Waals surface area contributed by atoms with Gasteiger partial charge in [0.1, 0.15) is 5.75 Å². The van der Waals surface area contributed by atoms with Crippen molar-refractivity contribution in [2.75, 3.05) is 18.6 Å². The highest BCUT2D eigenvalue weighted by Crippen LogP contribution is 2.33. The molecule has 0 bridgehead atoms. The lowest BCUT2D eigenvalue weighted by Gasteiger charge is -2.17. The molecule has 2 aromatic carbocycles. The third kappa shape index (κ3) is 4.39. The second-order valence-corrected chi connectivity index (χ2v) is 6.70. The largest absolute Gasteiger partial charge is 0.497 e. The van der Waals surface area contributed by atoms with Crippen LogP contribution >= 0.6 is 0 Å². The van der Waals surface area contributed by atoms with Crippen molar-refractivity contribution in [3.63, 3.8) is 0 Å². The van der Waals surface area contributed by atoms with Crippen LogP contribution in [0.15, 0.2) is 53.6 Å². The first-order valence-electron chi connectivity index (χ1n) is 9.54. The second-order valence-electron chi connectivity index (χ2n) is 6.70. The molecule has 3 rings (SSSR count). The molecule has 2 aromatic rings. The van der Waals surface area contributed by atoms with E-state index in [0.717, 1.165) is 30.5 Å². The fourth-order valence-electron chi connectivity index (χ4n) is 3.20. The van der Waals surface area contributed by atoms with Gasteiger partial charge >= 0.3 is 0 Å². The van der Waals surface area contributed by atoms with Crippen LogP contribution in [0, 0.1) is 0 Å². The lowest BCUT2D eigenvalue weighted by molar-refractivity contribution is -0.120. The van der Waals surface area contributed by atoms with Gasteiger partial charge in [0.15, 0.2) is 5.71 Å². The van der Waals surface area contributed by atoms with Crippen LogP contribution in [0.25, 0.3) is 0 Å². The Kier molecular flexibility index (Phi) is 6.42. The van der Waals surface area contributed by atoms with E-state index in [4.69, 9.17) is 4.74 Å². The van der Waals surface area contributed by atoms with Gasteiger partial charge in [0.05, 0.1) is 19.2 Å². The van der Waals surface area contributed by atoms with E-state index in [1.54, 1.807) is 18.1 Å². The molecule has 0 aliphatic carbocycles. The predicted octanol–water partition coefficient (Wildman–Crippen LogP) is 3.30. The average Bonchev–Trinajstić information content (AvgIpc) is 2.97. The number of amides is 2. The van der Waals surface area contributed by atoms with E-state index in [0.29, 0.717) is 17.9 Å². The molecule has 0 aromatic heterocycles. The zero-order valence-electron chi connectivity index (χ0n) is 16.3. The van der Waals surface area contributed by atoms with Gasteiger partial charge in [0.25, 0.3) is 5.91 Å². The van der Waals surface area contributed by atoms with Crippen molar-refractivity contribution >= 4 is 23.2 Å². The molecule has 28 heavy (non-hydrogen) atoms. The van der Waals surface area contributed by atoms with Crippen LogP contribution in [0.3, 0.4) is 0 Å². The fourth-order valence-corrected chi connectivity index (χ4v) is 3.20. The average molecular weight is 379 g/mol. The van der Waals surface area contributed by atoms with Crippen molar-refractivity contribution in [1.82, 2.24) is 5.43 Å². The molecule has 0 radical (unpaired) electrons. The molecule has 1 aliphatic rings. The Labute approximate surface area is 165 Å². The van der Waals surface area contributed by atoms with Crippen molar-refractivity contribution in [3.8, 4) is 5.75 Å². The molecule has 0 saturated heterocycles. The van der Waals surface area contributed by atoms with E-state index in [1.807, 2.05) is 42.5 Å². The number of hydrazone groups is 1. The molecular formula is C22H25N3O3. The number of ether oxygens (including phenoxy) is 1. The number of fused-ring (bicyclic) bond motifs is 1. The monoisotopic (exact) mass is 379 g/mol. The van der Waals surface area contributed by atoms with Crippen molar-refractivity contribution in [3.05, 3.63) is 59.7 Å². The summed E-state index contributed by atoms with van der Waals surface area (Å²) in [6.07, 6.45) is 3.24. The van der Waals surface area contributed by atoms with Crippen LogP contribution in [0.5, 0.6) is 5.75 Å². The molecule has 0 fully saturated rings. The van der Waals surface area contributed by atoms with Crippen molar-refractivity contribution in [1.29, 1.82) is 0 Å². The highest BCUT2D eigenvalue weighted by Gasteiger charge is 2.34. The van der Waals surface area contributed by atoms with Crippen LogP contribution in [0.4, 0.5) is 5.69 Å². The number of carbonyl (C=O) groups excluding carboxylic acids is 2. The Bertz CT molecular complexity index is 878. The van der Waals surface area contributed by atoms with Gasteiger partial charge in [-0.25, -0.2) is 5.43 Å². The molecular weight excluding hydrogens is 354 g/mol. The van der Waals surface area contributed by atoms with Crippen LogP contribution in [-0.4, -0.2) is 31.2 Å². The molecule has 0 unspecified atom stereocenters. The van der Waals surface area contributed by atoms with Gasteiger partial charge in [-0.1, -0.05) is 50.1 Å². The zero-order valence-corrected chi connectivity index (χ0v) is 16.3. The van der Waals surface area contributed by atoms with Crippen molar-refractivity contribution < 1.29 is 14.3 Å². The molecule has 6 nitrogen and oxygen atoms in total. The third-order valence-corrected chi connectivity index (χ3v) is 4.68. The highest BCUT2D eigenvalue weighted by atomic mass is 16.5. The zero-order chi connectivity index (χ0) is 19.9. The first-order chi connectivity index (χ1) is 13.6. The molecule has 0 spiro atoms. The number of unbranched alkanes of at least 4 members (excludes halogenated alkanes) is 2. The van der Waals surface area contributed by atoms with Gasteiger partial charge < -0.3 is 9.64 Å². The van der Waals surface area contributed by atoms with Gasteiger partial charge in [-0.2, -0.15) is 5.10 Å². The maximum Gasteiger partial charge on any atom is 0.279 e. The molecule has 0 atom stereocenters. The third-order valence-electron chi connectivity index (χ3n) is 4.68. The summed E-state index contributed by atoms with van der Waals surface area (Å²) in [5, 5.41) is 4.16. The van der Waals surface area contributed by atoms with Crippen LogP contribution in [0.2, 0.25) is 0 Å². The number of anilines is 1. The minimum Gasteiger partial charge on any atom is -0.497 e. The molecule has 1 heterocycles. The molecule has 1 N–H and O–H groups in total. The number of hydrogen-bond donors (Lipinski definition) is 1. The van der Waals surface area contributed by atoms with E-state index < -0.39 is 0 Å². The van der Waals surface area contributed by atoms with E-state index in [-0.39, 0.29) is 23.9 Å². The Morgan fingerprint density at radius 2 is 1.93 bits per heavy atom. The number of rotatable bonds is 8. The number of carbonyl (C=O) groups is 2. The van der Waals surface area contributed by atoms with Crippen molar-refractivity contribution in [2.24, 2.45) is 5.10 Å². The Morgan fingerprint density at radius 1 is 1.14 bits per heavy atom. The molecule has 0 saturated carbocycles. The fraction of sp³-hybridized carbons (Fsp3) is 0.318. The van der Waals surface area contributed by atoms with E-state index in [1.165, 1.54) is 0 Å². The maximum atomic E-state index is 12.9. The Balaban J connectivity index is 1.79. The molecule has 1 aliphatic heterocycles. The number of benzene rings is 2. The first-order valence-corrected chi connectivity index (χ1v) is 9.54. The van der Waals surface area contributed by atoms with Gasteiger partial charge in [-0.15, -0.1) is 0 Å². The van der Waals surface area contributed by atoms with E-state index in [9.17, 15) is 9.59 Å². The topological polar surface area (TPSA) is 71.0 Å². The van der Waals surface area contributed by atoms with E-state index in [2.05, 4.69) is 17.5 Å². The quantitative estimate of drug-likeness (QED) is 0.565. The summed E-state index contributed by atoms with van der Waals surface area (Å²) in [4.78, 5) is 26.9. The van der Waals surface area contributed by atoms with Gasteiger partial charge in [-0.3, -0.25) is 9.59 Å². The van der Waals surface area contributed by atoms with Gasteiger partial charge in [0, 0.05) is 18.2 Å². The van der Waals surface area contributed by atoms with Crippen molar-refractivity contribution in [2.45, 2.75) is 32.6 Å². The second kappa shape index (κ2) is 9.17. The van der Waals surface area contributed by atoms with E-state index >= 15 is 0 Å². The summed E-state index contributed by atoms with van der Waals surface area (Å²) in [6.45, 7) is 2.74. The lowest BCUT2D eigenvalue weighted by Crippen LogP contribution is -2.32. The summed E-state index contributed by atoms with van der Waals surface area (Å²) in [5.41, 5.74) is 5.17. The standard InChI is InChI=1S/C22H25N3O3/c1-3-4-8-13-25-19-15-17(28-2)11-12-18(19)21(22(25)27)24-23-20(26)14-16-9-6-5-7-10-16/h5-7,9-12,15H,3-4,8,13-14H2,1-2H3,(H,23,26). The first kappa shape index (κ1) is 19.6. The number of nitrogens with zero attached hydrogens (tertiary/aromatic N) is 2.